The highest BCUT2D eigenvalue weighted by atomic mass is 32.2. The summed E-state index contributed by atoms with van der Waals surface area (Å²) in [6, 6.07) is 0. The Hall–Kier alpha value is -0.0200. The van der Waals surface area contributed by atoms with Gasteiger partial charge in [0.25, 0.3) is 0 Å². The largest absolute Gasteiger partial charge is 0.238 e. The molecule has 0 saturated carbocycles. The van der Waals surface area contributed by atoms with Gasteiger partial charge >= 0.3 is 0 Å². The molecule has 0 unspecified atom stereocenters. The van der Waals surface area contributed by atoms with Crippen molar-refractivity contribution in [1.82, 2.24) is 4.98 Å². The molecule has 0 spiro atoms. The minimum absolute atomic E-state index is 1.03. The van der Waals surface area contributed by atoms with Gasteiger partial charge in [-0.3, -0.25) is 0 Å². The minimum Gasteiger partial charge on any atom is -0.238 e. The van der Waals surface area contributed by atoms with Crippen molar-refractivity contribution in [3.63, 3.8) is 0 Å². The average molecular weight is 130 g/mol. The van der Waals surface area contributed by atoms with Crippen LogP contribution in [0.5, 0.6) is 0 Å². The van der Waals surface area contributed by atoms with Crippen molar-refractivity contribution in [3.8, 4) is 0 Å². The van der Waals surface area contributed by atoms with Gasteiger partial charge in [-0.25, -0.2) is 4.98 Å². The fraction of sp³-hybridized carbons (Fsp3) is 0. The smallest absolute Gasteiger partial charge is 0.149 e. The maximum absolute atomic E-state index is 3.95. The van der Waals surface area contributed by atoms with E-state index >= 15 is 0 Å². The molecule has 0 amide bonds. The average Bonchev–Trinajstić information content (AvgIpc) is 2.14. The molecule has 0 aliphatic rings. The van der Waals surface area contributed by atoms with Gasteiger partial charge in [-0.2, -0.15) is 0 Å². The van der Waals surface area contributed by atoms with Crippen LogP contribution in [0, 0.1) is 6.26 Å². The van der Waals surface area contributed by atoms with Crippen molar-refractivity contribution in [2.24, 2.45) is 0 Å². The molecule has 1 aromatic rings. The Balaban J connectivity index is 2.76. The van der Waals surface area contributed by atoms with Gasteiger partial charge in [0, 0.05) is 17.8 Å². The topological polar surface area (TPSA) is 12.9 Å². The summed E-state index contributed by atoms with van der Waals surface area (Å²) in [6.07, 6.45) is 5.37. The van der Waals surface area contributed by atoms with Gasteiger partial charge in [-0.05, 0) is 0 Å². The van der Waals surface area contributed by atoms with Crippen LogP contribution in [0.15, 0.2) is 15.9 Å². The second-order valence-electron chi connectivity index (χ2n) is 0.942. The van der Waals surface area contributed by atoms with E-state index in [1.165, 1.54) is 11.8 Å². The zero-order chi connectivity index (χ0) is 5.11. The number of aromatic nitrogens is 1. The van der Waals surface area contributed by atoms with Gasteiger partial charge in [0.2, 0.25) is 0 Å². The molecule has 3 heteroatoms. The van der Waals surface area contributed by atoms with Crippen molar-refractivity contribution in [1.29, 1.82) is 0 Å². The lowest BCUT2D eigenvalue weighted by Gasteiger charge is -1.76. The maximum Gasteiger partial charge on any atom is 0.149 e. The molecule has 1 radical (unpaired) electrons. The molecule has 0 N–H and O–H groups in total. The third kappa shape index (κ3) is 1.17. The highest BCUT2D eigenvalue weighted by Gasteiger charge is 1.85. The summed E-state index contributed by atoms with van der Waals surface area (Å²) in [4.78, 5) is 3.95. The zero-order valence-electron chi connectivity index (χ0n) is 3.63. The van der Waals surface area contributed by atoms with E-state index in [1.54, 1.807) is 17.5 Å². The first-order valence-electron chi connectivity index (χ1n) is 1.75. The van der Waals surface area contributed by atoms with E-state index in [2.05, 4.69) is 11.2 Å². The van der Waals surface area contributed by atoms with Crippen LogP contribution in [0.2, 0.25) is 0 Å². The molecule has 0 aromatic carbocycles. The molecule has 1 heterocycles. The van der Waals surface area contributed by atoms with Gasteiger partial charge in [0.1, 0.15) is 4.34 Å². The van der Waals surface area contributed by atoms with E-state index in [1.807, 2.05) is 5.38 Å². The second kappa shape index (κ2) is 2.33. The number of hydrogen-bond donors (Lipinski definition) is 0. The molecule has 1 rings (SSSR count). The predicted octanol–water partition coefficient (Wildman–Crippen LogP) is 2.03. The SMILES string of the molecule is [CH2]Sc1nccs1. The van der Waals surface area contributed by atoms with Gasteiger partial charge in [0.15, 0.2) is 0 Å². The molecule has 0 fully saturated rings. The van der Waals surface area contributed by atoms with E-state index in [-0.39, 0.29) is 0 Å². The van der Waals surface area contributed by atoms with Crippen LogP contribution in [0.1, 0.15) is 0 Å². The minimum atomic E-state index is 1.03. The molecular weight excluding hydrogens is 126 g/mol. The van der Waals surface area contributed by atoms with Gasteiger partial charge in [-0.15, -0.1) is 11.3 Å². The first-order chi connectivity index (χ1) is 3.43. The lowest BCUT2D eigenvalue weighted by atomic mass is 11.0. The van der Waals surface area contributed by atoms with Crippen LogP contribution in [-0.4, -0.2) is 4.98 Å². The Labute approximate surface area is 50.8 Å². The summed E-state index contributed by atoms with van der Waals surface area (Å²) < 4.78 is 1.03. The quantitative estimate of drug-likeness (QED) is 0.539. The number of nitrogens with zero attached hydrogens (tertiary/aromatic N) is 1. The van der Waals surface area contributed by atoms with E-state index in [0.29, 0.717) is 0 Å². The third-order valence-electron chi connectivity index (χ3n) is 0.533. The summed E-state index contributed by atoms with van der Waals surface area (Å²) in [5.74, 6) is 0. The van der Waals surface area contributed by atoms with Crippen molar-refractivity contribution < 1.29 is 0 Å². The first kappa shape index (κ1) is 5.12. The molecule has 1 nitrogen and oxygen atoms in total. The number of rotatable bonds is 1. The molecule has 7 heavy (non-hydrogen) atoms. The van der Waals surface area contributed by atoms with Crippen LogP contribution in [0.25, 0.3) is 0 Å². The summed E-state index contributed by atoms with van der Waals surface area (Å²) in [7, 11) is 0. The molecular formula is C4H4NS2. The van der Waals surface area contributed by atoms with Crippen molar-refractivity contribution in [3.05, 3.63) is 17.8 Å². The number of thioether (sulfide) groups is 1. The van der Waals surface area contributed by atoms with Crippen LogP contribution in [-0.2, 0) is 0 Å². The molecule has 0 atom stereocenters. The summed E-state index contributed by atoms with van der Waals surface area (Å²) in [5, 5.41) is 1.94. The highest BCUT2D eigenvalue weighted by molar-refractivity contribution is 8.02. The third-order valence-corrected chi connectivity index (χ3v) is 2.09. The Morgan fingerprint density at radius 2 is 2.71 bits per heavy atom. The number of hydrogen-bond acceptors (Lipinski definition) is 3. The molecule has 37 valence electrons. The Morgan fingerprint density at radius 1 is 1.86 bits per heavy atom. The van der Waals surface area contributed by atoms with Crippen molar-refractivity contribution in [2.75, 3.05) is 0 Å². The molecule has 0 saturated heterocycles. The Bertz CT molecular complexity index is 124. The normalized spacial score (nSPS) is 9.29. The maximum atomic E-state index is 3.95. The predicted molar refractivity (Wildman–Crippen MR) is 33.3 cm³/mol. The van der Waals surface area contributed by atoms with Crippen LogP contribution >= 0.6 is 23.1 Å². The van der Waals surface area contributed by atoms with E-state index in [9.17, 15) is 0 Å². The van der Waals surface area contributed by atoms with Crippen LogP contribution in [0.4, 0.5) is 0 Å². The van der Waals surface area contributed by atoms with Crippen molar-refractivity contribution in [2.45, 2.75) is 4.34 Å². The molecule has 0 aliphatic heterocycles. The van der Waals surface area contributed by atoms with E-state index in [0.717, 1.165) is 4.34 Å². The first-order valence-corrected chi connectivity index (χ1v) is 3.61. The van der Waals surface area contributed by atoms with E-state index in [4.69, 9.17) is 0 Å². The fourth-order valence-electron chi connectivity index (χ4n) is 0.282. The monoisotopic (exact) mass is 130 g/mol. The lowest BCUT2D eigenvalue weighted by Crippen LogP contribution is -1.55. The standard InChI is InChI=1S/C4H4NS2/c1-6-4-5-2-3-7-4/h2-3H,1H2. The summed E-state index contributed by atoms with van der Waals surface area (Å²) in [5.41, 5.74) is 0. The van der Waals surface area contributed by atoms with Gasteiger partial charge in [0.05, 0.1) is 0 Å². The lowest BCUT2D eigenvalue weighted by molar-refractivity contribution is 1.26. The van der Waals surface area contributed by atoms with Crippen LogP contribution < -0.4 is 0 Å². The summed E-state index contributed by atoms with van der Waals surface area (Å²) >= 11 is 3.05. The zero-order valence-corrected chi connectivity index (χ0v) is 5.26. The Kier molecular flexibility index (Phi) is 1.70. The van der Waals surface area contributed by atoms with Crippen LogP contribution in [0.3, 0.4) is 0 Å². The molecule has 1 aromatic heterocycles. The second-order valence-corrected chi connectivity index (χ2v) is 2.77. The van der Waals surface area contributed by atoms with Crippen molar-refractivity contribution >= 4 is 23.1 Å². The molecule has 0 bridgehead atoms. The highest BCUT2D eigenvalue weighted by Crippen LogP contribution is 2.17. The van der Waals surface area contributed by atoms with Gasteiger partial charge in [-0.1, -0.05) is 11.8 Å². The number of thiazole rings is 1. The van der Waals surface area contributed by atoms with E-state index < -0.39 is 0 Å². The fourth-order valence-corrected chi connectivity index (χ4v) is 1.22. The molecule has 0 aliphatic carbocycles. The van der Waals surface area contributed by atoms with Gasteiger partial charge < -0.3 is 0 Å². The summed E-state index contributed by atoms with van der Waals surface area (Å²) in [6.45, 7) is 0. The Morgan fingerprint density at radius 3 is 3.00 bits per heavy atom.